The number of aromatic nitrogens is 2. The first-order chi connectivity index (χ1) is 8.99. The summed E-state index contributed by atoms with van der Waals surface area (Å²) in [4.78, 5) is 2.05. The number of benzene rings is 1. The van der Waals surface area contributed by atoms with Crippen LogP contribution in [-0.2, 0) is 13.7 Å². The molecule has 0 radical (unpaired) electrons. The SMILES string of the molecule is Cc1nn(C)c(COc2cccc(N(C)C)c2)c1Br. The van der Waals surface area contributed by atoms with Crippen molar-refractivity contribution < 1.29 is 4.74 Å². The van der Waals surface area contributed by atoms with Crippen LogP contribution in [0.3, 0.4) is 0 Å². The summed E-state index contributed by atoms with van der Waals surface area (Å²) in [5.74, 6) is 0.858. The Balaban J connectivity index is 2.12. The van der Waals surface area contributed by atoms with Crippen molar-refractivity contribution in [1.82, 2.24) is 9.78 Å². The number of rotatable bonds is 4. The van der Waals surface area contributed by atoms with Gasteiger partial charge in [-0.15, -0.1) is 0 Å². The highest BCUT2D eigenvalue weighted by atomic mass is 79.9. The van der Waals surface area contributed by atoms with E-state index in [-0.39, 0.29) is 0 Å². The number of hydrogen-bond donors (Lipinski definition) is 0. The van der Waals surface area contributed by atoms with Gasteiger partial charge in [0, 0.05) is 32.9 Å². The van der Waals surface area contributed by atoms with E-state index in [0.29, 0.717) is 6.61 Å². The monoisotopic (exact) mass is 323 g/mol. The quantitative estimate of drug-likeness (QED) is 0.866. The van der Waals surface area contributed by atoms with Gasteiger partial charge in [0.05, 0.1) is 15.9 Å². The first-order valence-corrected chi connectivity index (χ1v) is 6.86. The van der Waals surface area contributed by atoms with Gasteiger partial charge in [0.2, 0.25) is 0 Å². The van der Waals surface area contributed by atoms with Gasteiger partial charge in [-0.3, -0.25) is 4.68 Å². The highest BCUT2D eigenvalue weighted by Crippen LogP contribution is 2.24. The number of halogens is 1. The lowest BCUT2D eigenvalue weighted by atomic mass is 10.3. The summed E-state index contributed by atoms with van der Waals surface area (Å²) in [5.41, 5.74) is 3.13. The van der Waals surface area contributed by atoms with Crippen LogP contribution in [0.1, 0.15) is 11.4 Å². The van der Waals surface area contributed by atoms with Crippen LogP contribution in [-0.4, -0.2) is 23.9 Å². The van der Waals surface area contributed by atoms with Gasteiger partial charge in [-0.2, -0.15) is 5.10 Å². The van der Waals surface area contributed by atoms with Crippen LogP contribution in [0.2, 0.25) is 0 Å². The molecule has 0 saturated carbocycles. The normalized spacial score (nSPS) is 10.6. The summed E-state index contributed by atoms with van der Waals surface area (Å²) in [6, 6.07) is 8.03. The molecule has 5 heteroatoms. The van der Waals surface area contributed by atoms with Gasteiger partial charge in [-0.1, -0.05) is 6.07 Å². The van der Waals surface area contributed by atoms with E-state index in [1.54, 1.807) is 0 Å². The molecule has 19 heavy (non-hydrogen) atoms. The molecule has 0 N–H and O–H groups in total. The van der Waals surface area contributed by atoms with Gasteiger partial charge >= 0.3 is 0 Å². The van der Waals surface area contributed by atoms with Crippen molar-refractivity contribution in [3.05, 3.63) is 40.1 Å². The molecule has 0 amide bonds. The molecule has 102 valence electrons. The molecular formula is C14H18BrN3O. The minimum atomic E-state index is 0.495. The zero-order chi connectivity index (χ0) is 14.0. The predicted octanol–water partition coefficient (Wildman–Crippen LogP) is 3.14. The van der Waals surface area contributed by atoms with E-state index in [9.17, 15) is 0 Å². The van der Waals surface area contributed by atoms with Crippen molar-refractivity contribution in [3.63, 3.8) is 0 Å². The average molecular weight is 324 g/mol. The summed E-state index contributed by atoms with van der Waals surface area (Å²) in [6.45, 7) is 2.47. The summed E-state index contributed by atoms with van der Waals surface area (Å²) >= 11 is 3.54. The summed E-state index contributed by atoms with van der Waals surface area (Å²) in [5, 5.41) is 4.35. The maximum atomic E-state index is 5.84. The van der Waals surface area contributed by atoms with E-state index in [1.165, 1.54) is 0 Å². The fourth-order valence-electron chi connectivity index (χ4n) is 1.84. The summed E-state index contributed by atoms with van der Waals surface area (Å²) in [6.07, 6.45) is 0. The van der Waals surface area contributed by atoms with Gasteiger partial charge in [0.1, 0.15) is 12.4 Å². The fraction of sp³-hybridized carbons (Fsp3) is 0.357. The Labute approximate surface area is 122 Å². The van der Waals surface area contributed by atoms with Crippen LogP contribution in [0.25, 0.3) is 0 Å². The molecule has 0 aliphatic carbocycles. The Bertz CT molecular complexity index is 578. The Morgan fingerprint density at radius 2 is 2.11 bits per heavy atom. The number of ether oxygens (including phenoxy) is 1. The second-order valence-corrected chi connectivity index (χ2v) is 5.44. The van der Waals surface area contributed by atoms with E-state index in [4.69, 9.17) is 4.74 Å². The highest BCUT2D eigenvalue weighted by molar-refractivity contribution is 9.10. The molecule has 2 rings (SSSR count). The minimum absolute atomic E-state index is 0.495. The number of nitrogens with zero attached hydrogens (tertiary/aromatic N) is 3. The van der Waals surface area contributed by atoms with Crippen LogP contribution in [0.15, 0.2) is 28.7 Å². The van der Waals surface area contributed by atoms with Crippen molar-refractivity contribution in [2.75, 3.05) is 19.0 Å². The molecule has 0 spiro atoms. The van der Waals surface area contributed by atoms with Crippen LogP contribution in [0.5, 0.6) is 5.75 Å². The van der Waals surface area contributed by atoms with E-state index in [1.807, 2.05) is 50.9 Å². The van der Waals surface area contributed by atoms with Gasteiger partial charge < -0.3 is 9.64 Å². The zero-order valence-corrected chi connectivity index (χ0v) is 13.2. The summed E-state index contributed by atoms with van der Waals surface area (Å²) < 4.78 is 8.70. The van der Waals surface area contributed by atoms with Crippen LogP contribution in [0, 0.1) is 6.92 Å². The number of hydrogen-bond acceptors (Lipinski definition) is 3. The number of aryl methyl sites for hydroxylation is 2. The lowest BCUT2D eigenvalue weighted by Gasteiger charge is -2.14. The lowest BCUT2D eigenvalue weighted by molar-refractivity contribution is 0.294. The summed E-state index contributed by atoms with van der Waals surface area (Å²) in [7, 11) is 5.95. The Kier molecular flexibility index (Phi) is 4.14. The molecule has 4 nitrogen and oxygen atoms in total. The van der Waals surface area contributed by atoms with Crippen LogP contribution in [0.4, 0.5) is 5.69 Å². The molecular weight excluding hydrogens is 306 g/mol. The van der Waals surface area contributed by atoms with Crippen LogP contribution < -0.4 is 9.64 Å². The maximum absolute atomic E-state index is 5.84. The molecule has 1 aromatic carbocycles. The Morgan fingerprint density at radius 1 is 1.37 bits per heavy atom. The first-order valence-electron chi connectivity index (χ1n) is 6.07. The van der Waals surface area contributed by atoms with Crippen molar-refractivity contribution in [2.45, 2.75) is 13.5 Å². The second kappa shape index (κ2) is 5.65. The second-order valence-electron chi connectivity index (χ2n) is 4.65. The molecule has 0 atom stereocenters. The van der Waals surface area contributed by atoms with E-state index in [2.05, 4.69) is 32.0 Å². The topological polar surface area (TPSA) is 30.3 Å². The van der Waals surface area contributed by atoms with E-state index >= 15 is 0 Å². The lowest BCUT2D eigenvalue weighted by Crippen LogP contribution is -2.09. The van der Waals surface area contributed by atoms with E-state index in [0.717, 1.165) is 27.3 Å². The van der Waals surface area contributed by atoms with Gasteiger partial charge in [-0.25, -0.2) is 0 Å². The van der Waals surface area contributed by atoms with Crippen molar-refractivity contribution in [2.24, 2.45) is 7.05 Å². The third-order valence-electron chi connectivity index (χ3n) is 2.97. The average Bonchev–Trinajstić information content (AvgIpc) is 2.61. The van der Waals surface area contributed by atoms with Crippen molar-refractivity contribution in [1.29, 1.82) is 0 Å². The first kappa shape index (κ1) is 13.9. The molecule has 0 aliphatic heterocycles. The largest absolute Gasteiger partial charge is 0.487 e. The molecule has 1 aromatic heterocycles. The van der Waals surface area contributed by atoms with Gasteiger partial charge in [0.15, 0.2) is 0 Å². The minimum Gasteiger partial charge on any atom is -0.487 e. The van der Waals surface area contributed by atoms with Gasteiger partial charge in [0.25, 0.3) is 0 Å². The Hall–Kier alpha value is -1.49. The third kappa shape index (κ3) is 3.10. The van der Waals surface area contributed by atoms with Crippen LogP contribution >= 0.6 is 15.9 Å². The molecule has 2 aromatic rings. The standard InChI is InChI=1S/C14H18BrN3O/c1-10-14(15)13(18(4)16-10)9-19-12-7-5-6-11(8-12)17(2)3/h5-8H,9H2,1-4H3. The zero-order valence-electron chi connectivity index (χ0n) is 11.6. The van der Waals surface area contributed by atoms with Gasteiger partial charge in [-0.05, 0) is 35.0 Å². The van der Waals surface area contributed by atoms with Crippen molar-refractivity contribution in [3.8, 4) is 5.75 Å². The molecule has 1 heterocycles. The molecule has 0 fully saturated rings. The highest BCUT2D eigenvalue weighted by Gasteiger charge is 2.11. The predicted molar refractivity (Wildman–Crippen MR) is 80.7 cm³/mol. The fourth-order valence-corrected chi connectivity index (χ4v) is 2.29. The van der Waals surface area contributed by atoms with Crippen molar-refractivity contribution >= 4 is 21.6 Å². The third-order valence-corrected chi connectivity index (χ3v) is 4.00. The Morgan fingerprint density at radius 3 is 2.68 bits per heavy atom. The molecule has 0 unspecified atom stereocenters. The number of anilines is 1. The maximum Gasteiger partial charge on any atom is 0.131 e. The molecule has 0 aliphatic rings. The van der Waals surface area contributed by atoms with E-state index < -0.39 is 0 Å². The smallest absolute Gasteiger partial charge is 0.131 e. The molecule has 0 saturated heterocycles. The molecule has 0 bridgehead atoms.